The molecule has 0 fully saturated rings. The summed E-state index contributed by atoms with van der Waals surface area (Å²) < 4.78 is 14.2. The Hall–Kier alpha value is -3.33. The molecule has 1 unspecified atom stereocenters. The van der Waals surface area contributed by atoms with Crippen molar-refractivity contribution in [1.82, 2.24) is 14.8 Å². The summed E-state index contributed by atoms with van der Waals surface area (Å²) in [6, 6.07) is 11.0. The standard InChI is InChI=1S/C26H30BrN5O3/c1-5-6-7-11-35-24-20(27)13-18(14-21(24)34-4)23-22(17(3)30-26-28-15-29-32(23)26)25(33)31-19-10-8-9-16(2)12-19/h8-10,12-15,23H,5-7,11H2,1-4H3,(H,31,33)(H,28,29,30). The molecule has 1 atom stereocenters. The Morgan fingerprint density at radius 2 is 2.06 bits per heavy atom. The van der Waals surface area contributed by atoms with E-state index in [1.54, 1.807) is 11.8 Å². The van der Waals surface area contributed by atoms with Crippen LogP contribution in [0.5, 0.6) is 11.5 Å². The van der Waals surface area contributed by atoms with Gasteiger partial charge in [0.05, 0.1) is 23.8 Å². The Balaban J connectivity index is 1.72. The second kappa shape index (κ2) is 10.9. The van der Waals surface area contributed by atoms with Crippen LogP contribution in [-0.2, 0) is 4.79 Å². The quantitative estimate of drug-likeness (QED) is 0.331. The first-order valence-electron chi connectivity index (χ1n) is 11.7. The van der Waals surface area contributed by atoms with E-state index in [1.165, 1.54) is 6.33 Å². The predicted octanol–water partition coefficient (Wildman–Crippen LogP) is 5.85. The third kappa shape index (κ3) is 5.35. The fourth-order valence-electron chi connectivity index (χ4n) is 4.18. The lowest BCUT2D eigenvalue weighted by atomic mass is 9.94. The molecule has 0 aliphatic carbocycles. The number of unbranched alkanes of at least 4 members (excludes halogenated alkanes) is 2. The highest BCUT2D eigenvalue weighted by Gasteiger charge is 2.34. The van der Waals surface area contributed by atoms with Gasteiger partial charge in [-0.3, -0.25) is 4.79 Å². The van der Waals surface area contributed by atoms with Gasteiger partial charge in [0.15, 0.2) is 11.5 Å². The van der Waals surface area contributed by atoms with Crippen molar-refractivity contribution in [3.05, 3.63) is 69.6 Å². The highest BCUT2D eigenvalue weighted by atomic mass is 79.9. The Morgan fingerprint density at radius 1 is 1.23 bits per heavy atom. The topological polar surface area (TPSA) is 90.3 Å². The molecule has 1 aliphatic heterocycles. The average Bonchev–Trinajstić information content (AvgIpc) is 3.29. The van der Waals surface area contributed by atoms with Crippen LogP contribution in [0.3, 0.4) is 0 Å². The summed E-state index contributed by atoms with van der Waals surface area (Å²) in [4.78, 5) is 17.9. The number of hydrogen-bond acceptors (Lipinski definition) is 6. The normalized spacial score (nSPS) is 14.8. The summed E-state index contributed by atoms with van der Waals surface area (Å²) in [5, 5.41) is 10.7. The lowest BCUT2D eigenvalue weighted by molar-refractivity contribution is -0.113. The monoisotopic (exact) mass is 539 g/mol. The number of hydrogen-bond donors (Lipinski definition) is 2. The Bertz CT molecular complexity index is 1250. The molecule has 184 valence electrons. The van der Waals surface area contributed by atoms with Gasteiger partial charge in [0.25, 0.3) is 5.91 Å². The van der Waals surface area contributed by atoms with E-state index in [4.69, 9.17) is 9.47 Å². The maximum absolute atomic E-state index is 13.6. The van der Waals surface area contributed by atoms with Crippen molar-refractivity contribution in [1.29, 1.82) is 0 Å². The fourth-order valence-corrected chi connectivity index (χ4v) is 4.75. The number of amides is 1. The second-order valence-electron chi connectivity index (χ2n) is 8.51. The molecule has 8 nitrogen and oxygen atoms in total. The SMILES string of the molecule is CCCCCOc1c(Br)cc(C2C(C(=O)Nc3cccc(C)c3)=C(C)Nc3ncnn32)cc1OC. The number of fused-ring (bicyclic) bond motifs is 1. The van der Waals surface area contributed by atoms with Crippen molar-refractivity contribution in [2.75, 3.05) is 24.4 Å². The fraction of sp³-hybridized carbons (Fsp3) is 0.346. The van der Waals surface area contributed by atoms with Crippen LogP contribution < -0.4 is 20.1 Å². The van der Waals surface area contributed by atoms with Crippen molar-refractivity contribution >= 4 is 33.5 Å². The van der Waals surface area contributed by atoms with E-state index in [2.05, 4.69) is 43.6 Å². The van der Waals surface area contributed by atoms with Gasteiger partial charge in [-0.2, -0.15) is 10.1 Å². The van der Waals surface area contributed by atoms with Crippen molar-refractivity contribution in [3.8, 4) is 11.5 Å². The van der Waals surface area contributed by atoms with E-state index in [0.717, 1.165) is 40.5 Å². The van der Waals surface area contributed by atoms with Crippen LogP contribution >= 0.6 is 15.9 Å². The number of carbonyl (C=O) groups excluding carboxylic acids is 1. The van der Waals surface area contributed by atoms with Gasteiger partial charge in [-0.1, -0.05) is 31.9 Å². The molecule has 0 radical (unpaired) electrons. The minimum absolute atomic E-state index is 0.221. The van der Waals surface area contributed by atoms with E-state index < -0.39 is 6.04 Å². The number of rotatable bonds is 9. The van der Waals surface area contributed by atoms with Gasteiger partial charge in [-0.05, 0) is 71.6 Å². The number of nitrogens with one attached hydrogen (secondary N) is 2. The number of aromatic nitrogens is 3. The van der Waals surface area contributed by atoms with Gasteiger partial charge in [0.2, 0.25) is 5.95 Å². The molecule has 9 heteroatoms. The van der Waals surface area contributed by atoms with Crippen LogP contribution in [0.2, 0.25) is 0 Å². The number of methoxy groups -OCH3 is 1. The third-order valence-corrected chi connectivity index (χ3v) is 6.47. The summed E-state index contributed by atoms with van der Waals surface area (Å²) in [5.74, 6) is 1.57. The minimum atomic E-state index is -0.516. The number of allylic oxidation sites excluding steroid dienone is 1. The molecule has 2 heterocycles. The highest BCUT2D eigenvalue weighted by molar-refractivity contribution is 9.10. The Kier molecular flexibility index (Phi) is 7.75. The number of benzene rings is 2. The zero-order valence-electron chi connectivity index (χ0n) is 20.4. The second-order valence-corrected chi connectivity index (χ2v) is 9.36. The number of ether oxygens (including phenoxy) is 2. The molecule has 1 amide bonds. The highest BCUT2D eigenvalue weighted by Crippen LogP contribution is 2.42. The maximum atomic E-state index is 13.6. The maximum Gasteiger partial charge on any atom is 0.255 e. The van der Waals surface area contributed by atoms with E-state index >= 15 is 0 Å². The molecule has 1 aliphatic rings. The molecule has 0 saturated carbocycles. The molecular formula is C26H30BrN5O3. The number of carbonyl (C=O) groups is 1. The van der Waals surface area contributed by atoms with Crippen LogP contribution in [0.15, 0.2) is 58.5 Å². The van der Waals surface area contributed by atoms with Gasteiger partial charge in [-0.15, -0.1) is 0 Å². The molecule has 0 spiro atoms. The van der Waals surface area contributed by atoms with E-state index in [9.17, 15) is 4.79 Å². The van der Waals surface area contributed by atoms with E-state index in [1.807, 2.05) is 50.2 Å². The Labute approximate surface area is 213 Å². The number of nitrogens with zero attached hydrogens (tertiary/aromatic N) is 3. The lowest BCUT2D eigenvalue weighted by Gasteiger charge is -2.29. The van der Waals surface area contributed by atoms with Crippen LogP contribution in [0.25, 0.3) is 0 Å². The summed E-state index contributed by atoms with van der Waals surface area (Å²) in [6.07, 6.45) is 4.67. The molecule has 4 rings (SSSR count). The average molecular weight is 540 g/mol. The largest absolute Gasteiger partial charge is 0.493 e. The van der Waals surface area contributed by atoms with Crippen molar-refractivity contribution in [2.24, 2.45) is 0 Å². The first-order chi connectivity index (χ1) is 16.9. The third-order valence-electron chi connectivity index (χ3n) is 5.88. The minimum Gasteiger partial charge on any atom is -0.493 e. The summed E-state index contributed by atoms with van der Waals surface area (Å²) >= 11 is 3.66. The molecule has 3 aromatic rings. The van der Waals surface area contributed by atoms with Gasteiger partial charge in [0, 0.05) is 11.4 Å². The predicted molar refractivity (Wildman–Crippen MR) is 140 cm³/mol. The van der Waals surface area contributed by atoms with E-state index in [0.29, 0.717) is 35.3 Å². The zero-order chi connectivity index (χ0) is 24.9. The first-order valence-corrected chi connectivity index (χ1v) is 12.5. The van der Waals surface area contributed by atoms with Crippen molar-refractivity contribution < 1.29 is 14.3 Å². The molecule has 2 N–H and O–H groups in total. The number of aryl methyl sites for hydroxylation is 1. The van der Waals surface area contributed by atoms with Gasteiger partial charge >= 0.3 is 0 Å². The van der Waals surface area contributed by atoms with E-state index in [-0.39, 0.29) is 5.91 Å². The lowest BCUT2D eigenvalue weighted by Crippen LogP contribution is -2.31. The number of anilines is 2. The van der Waals surface area contributed by atoms with Crippen LogP contribution in [-0.4, -0.2) is 34.4 Å². The van der Waals surface area contributed by atoms with Gasteiger partial charge < -0.3 is 20.1 Å². The van der Waals surface area contributed by atoms with Crippen LogP contribution in [0.1, 0.15) is 50.3 Å². The molecule has 0 saturated heterocycles. The molecule has 1 aromatic heterocycles. The first kappa shape index (κ1) is 24.8. The van der Waals surface area contributed by atoms with Crippen molar-refractivity contribution in [3.63, 3.8) is 0 Å². The summed E-state index contributed by atoms with van der Waals surface area (Å²) in [7, 11) is 1.61. The molecule has 35 heavy (non-hydrogen) atoms. The molecule has 2 aromatic carbocycles. The molecule has 0 bridgehead atoms. The van der Waals surface area contributed by atoms with Crippen LogP contribution in [0.4, 0.5) is 11.6 Å². The summed E-state index contributed by atoms with van der Waals surface area (Å²) in [5.41, 5.74) is 3.85. The van der Waals surface area contributed by atoms with Gasteiger partial charge in [0.1, 0.15) is 12.4 Å². The smallest absolute Gasteiger partial charge is 0.255 e. The summed E-state index contributed by atoms with van der Waals surface area (Å²) in [6.45, 7) is 6.62. The number of halogens is 1. The Morgan fingerprint density at radius 3 is 2.80 bits per heavy atom. The van der Waals surface area contributed by atoms with Crippen LogP contribution in [0, 0.1) is 6.92 Å². The van der Waals surface area contributed by atoms with Gasteiger partial charge in [-0.25, -0.2) is 4.68 Å². The molecular weight excluding hydrogens is 510 g/mol. The van der Waals surface area contributed by atoms with Crippen molar-refractivity contribution in [2.45, 2.75) is 46.1 Å². The zero-order valence-corrected chi connectivity index (χ0v) is 22.0.